The van der Waals surface area contributed by atoms with Crippen molar-refractivity contribution in [3.05, 3.63) is 12.2 Å². The number of allylic oxidation sites excluding steroid dienone is 2. The molecule has 0 aliphatic carbocycles. The quantitative estimate of drug-likeness (QED) is 0.502. The van der Waals surface area contributed by atoms with E-state index >= 15 is 0 Å². The van der Waals surface area contributed by atoms with Crippen LogP contribution in [0.5, 0.6) is 0 Å². The van der Waals surface area contributed by atoms with Crippen LogP contribution in [-0.2, 0) is 9.63 Å². The Labute approximate surface area is 71.5 Å². The lowest BCUT2D eigenvalue weighted by Crippen LogP contribution is -2.10. The van der Waals surface area contributed by atoms with Crippen LogP contribution >= 0.6 is 0 Å². The third-order valence-corrected chi connectivity index (χ3v) is 1.04. The molecule has 0 saturated heterocycles. The fraction of sp³-hybridized carbons (Fsp3) is 0.500. The predicted octanol–water partition coefficient (Wildman–Crippen LogP) is 1.43. The van der Waals surface area contributed by atoms with Gasteiger partial charge in [-0.25, -0.2) is 0 Å². The summed E-state index contributed by atoms with van der Waals surface area (Å²) >= 11 is 0. The van der Waals surface area contributed by atoms with E-state index in [4.69, 9.17) is 9.94 Å². The molecule has 0 aliphatic heterocycles. The van der Waals surface area contributed by atoms with E-state index in [-0.39, 0.29) is 12.5 Å². The van der Waals surface area contributed by atoms with Crippen LogP contribution < -0.4 is 0 Å². The minimum Gasteiger partial charge on any atom is -0.481 e. The van der Waals surface area contributed by atoms with E-state index in [1.807, 2.05) is 6.92 Å². The minimum atomic E-state index is -0.885. The van der Waals surface area contributed by atoms with E-state index in [2.05, 4.69) is 5.16 Å². The molecule has 0 aliphatic rings. The summed E-state index contributed by atoms with van der Waals surface area (Å²) < 4.78 is 0. The van der Waals surface area contributed by atoms with Gasteiger partial charge < -0.3 is 9.94 Å². The highest BCUT2D eigenvalue weighted by molar-refractivity contribution is 5.70. The van der Waals surface area contributed by atoms with Crippen molar-refractivity contribution in [1.82, 2.24) is 0 Å². The lowest BCUT2D eigenvalue weighted by Gasteiger charge is -2.04. The molecule has 1 unspecified atom stereocenters. The van der Waals surface area contributed by atoms with Gasteiger partial charge in [0.05, 0.1) is 12.6 Å². The lowest BCUT2D eigenvalue weighted by atomic mass is 10.3. The van der Waals surface area contributed by atoms with Crippen LogP contribution in [0.3, 0.4) is 0 Å². The number of hydrogen-bond donors (Lipinski definition) is 1. The van der Waals surface area contributed by atoms with Crippen molar-refractivity contribution in [2.45, 2.75) is 26.4 Å². The molecule has 0 fully saturated rings. The van der Waals surface area contributed by atoms with Gasteiger partial charge in [0.2, 0.25) is 0 Å². The predicted molar refractivity (Wildman–Crippen MR) is 46.1 cm³/mol. The summed E-state index contributed by atoms with van der Waals surface area (Å²) in [6.45, 7) is 3.51. The molecule has 1 N–H and O–H groups in total. The van der Waals surface area contributed by atoms with E-state index in [0.717, 1.165) is 0 Å². The highest BCUT2D eigenvalue weighted by Gasteiger charge is 2.06. The molecule has 0 rings (SSSR count). The highest BCUT2D eigenvalue weighted by Crippen LogP contribution is 1.96. The first-order valence-electron chi connectivity index (χ1n) is 3.69. The third kappa shape index (κ3) is 6.80. The normalized spacial score (nSPS) is 13.8. The van der Waals surface area contributed by atoms with Crippen LogP contribution in [0.2, 0.25) is 0 Å². The molecule has 0 radical (unpaired) electrons. The summed E-state index contributed by atoms with van der Waals surface area (Å²) in [6.07, 6.45) is 4.55. The van der Waals surface area contributed by atoms with Crippen LogP contribution in [-0.4, -0.2) is 23.4 Å². The number of hydrogen-bond acceptors (Lipinski definition) is 3. The molecule has 4 nitrogen and oxygen atoms in total. The molecule has 0 aromatic heterocycles. The number of carbonyl (C=O) groups is 1. The number of aliphatic carboxylic acids is 1. The second kappa shape index (κ2) is 6.39. The molecule has 0 aromatic rings. The number of oxime groups is 1. The van der Waals surface area contributed by atoms with E-state index in [9.17, 15) is 4.79 Å². The van der Waals surface area contributed by atoms with Crippen LogP contribution in [0, 0.1) is 0 Å². The molecule has 12 heavy (non-hydrogen) atoms. The third-order valence-electron chi connectivity index (χ3n) is 1.04. The van der Waals surface area contributed by atoms with Gasteiger partial charge in [0, 0.05) is 0 Å². The Morgan fingerprint density at radius 2 is 2.42 bits per heavy atom. The fourth-order valence-electron chi connectivity index (χ4n) is 0.543. The molecular weight excluding hydrogens is 158 g/mol. The lowest BCUT2D eigenvalue weighted by molar-refractivity contribution is -0.139. The Kier molecular flexibility index (Phi) is 5.69. The van der Waals surface area contributed by atoms with Gasteiger partial charge in [-0.05, 0) is 19.9 Å². The van der Waals surface area contributed by atoms with E-state index in [0.29, 0.717) is 0 Å². The molecule has 0 heterocycles. The summed E-state index contributed by atoms with van der Waals surface area (Å²) in [5, 5.41) is 11.9. The maximum Gasteiger partial charge on any atom is 0.307 e. The van der Waals surface area contributed by atoms with Gasteiger partial charge in [-0.1, -0.05) is 11.2 Å². The zero-order chi connectivity index (χ0) is 9.40. The summed E-state index contributed by atoms with van der Waals surface area (Å²) in [4.78, 5) is 14.9. The van der Waals surface area contributed by atoms with Crippen LogP contribution in [0.4, 0.5) is 0 Å². The van der Waals surface area contributed by atoms with E-state index < -0.39 is 5.97 Å². The maximum atomic E-state index is 10.2. The first-order chi connectivity index (χ1) is 5.66. The number of nitrogens with zero attached hydrogens (tertiary/aromatic N) is 1. The smallest absolute Gasteiger partial charge is 0.307 e. The van der Waals surface area contributed by atoms with E-state index in [1.165, 1.54) is 6.21 Å². The molecule has 1 atom stereocenters. The summed E-state index contributed by atoms with van der Waals surface area (Å²) in [6, 6.07) is 0. The molecule has 0 saturated carbocycles. The van der Waals surface area contributed by atoms with Crippen LogP contribution in [0.25, 0.3) is 0 Å². The Hall–Kier alpha value is -1.32. The second-order valence-corrected chi connectivity index (χ2v) is 2.29. The Balaban J connectivity index is 3.56. The maximum absolute atomic E-state index is 10.2. The molecule has 0 bridgehead atoms. The Morgan fingerprint density at radius 1 is 1.75 bits per heavy atom. The Morgan fingerprint density at radius 3 is 2.92 bits per heavy atom. The Bertz CT molecular complexity index is 187. The first kappa shape index (κ1) is 10.7. The van der Waals surface area contributed by atoms with Crippen molar-refractivity contribution < 1.29 is 14.7 Å². The molecule has 0 spiro atoms. The summed E-state index contributed by atoms with van der Waals surface area (Å²) in [5.74, 6) is -0.885. The zero-order valence-corrected chi connectivity index (χ0v) is 7.23. The number of carboxylic acids is 1. The highest BCUT2D eigenvalue weighted by atomic mass is 16.6. The second-order valence-electron chi connectivity index (χ2n) is 2.29. The number of carboxylic acid groups (broad SMARTS) is 1. The minimum absolute atomic E-state index is 0.0345. The van der Waals surface area contributed by atoms with Gasteiger partial charge in [-0.3, -0.25) is 4.79 Å². The van der Waals surface area contributed by atoms with Crippen molar-refractivity contribution in [2.75, 3.05) is 0 Å². The van der Waals surface area contributed by atoms with Gasteiger partial charge in [0.25, 0.3) is 0 Å². The first-order valence-corrected chi connectivity index (χ1v) is 3.69. The zero-order valence-electron chi connectivity index (χ0n) is 7.23. The molecule has 4 heteroatoms. The average Bonchev–Trinajstić information content (AvgIpc) is 1.97. The van der Waals surface area contributed by atoms with Crippen LogP contribution in [0.15, 0.2) is 17.3 Å². The monoisotopic (exact) mass is 171 g/mol. The average molecular weight is 171 g/mol. The topological polar surface area (TPSA) is 58.9 Å². The van der Waals surface area contributed by atoms with Crippen molar-refractivity contribution in [3.63, 3.8) is 0 Å². The standard InChI is InChI=1S/C8H13NO3/c1-3-4-5-9-12-7(2)6-8(10)11/h3-5,7H,6H2,1-2H3,(H,10,11)/b4-3-,9-5-. The molecule has 0 amide bonds. The SMILES string of the molecule is C/C=C\C=N/OC(C)CC(=O)O. The van der Waals surface area contributed by atoms with Crippen molar-refractivity contribution in [3.8, 4) is 0 Å². The van der Waals surface area contributed by atoms with Crippen molar-refractivity contribution in [1.29, 1.82) is 0 Å². The fourth-order valence-corrected chi connectivity index (χ4v) is 0.543. The van der Waals surface area contributed by atoms with Gasteiger partial charge in [-0.15, -0.1) is 0 Å². The van der Waals surface area contributed by atoms with Gasteiger partial charge in [0.15, 0.2) is 0 Å². The largest absolute Gasteiger partial charge is 0.481 e. The summed E-state index contributed by atoms with van der Waals surface area (Å²) in [7, 11) is 0. The van der Waals surface area contributed by atoms with Gasteiger partial charge in [-0.2, -0.15) is 0 Å². The van der Waals surface area contributed by atoms with Gasteiger partial charge >= 0.3 is 5.97 Å². The molecule has 0 aromatic carbocycles. The van der Waals surface area contributed by atoms with Crippen molar-refractivity contribution in [2.24, 2.45) is 5.16 Å². The molecular formula is C8H13NO3. The summed E-state index contributed by atoms with van der Waals surface area (Å²) in [5.41, 5.74) is 0. The number of rotatable bonds is 5. The van der Waals surface area contributed by atoms with Gasteiger partial charge in [0.1, 0.15) is 6.10 Å². The van der Waals surface area contributed by atoms with Crippen molar-refractivity contribution >= 4 is 12.2 Å². The van der Waals surface area contributed by atoms with Crippen LogP contribution in [0.1, 0.15) is 20.3 Å². The van der Waals surface area contributed by atoms with E-state index in [1.54, 1.807) is 19.1 Å². The molecule has 68 valence electrons.